The van der Waals surface area contributed by atoms with Gasteiger partial charge in [0.15, 0.2) is 0 Å². The molecular weight excluding hydrogens is 313 g/mol. The van der Waals surface area contributed by atoms with Crippen molar-refractivity contribution >= 4 is 39.2 Å². The van der Waals surface area contributed by atoms with E-state index in [4.69, 9.17) is 16.3 Å². The predicted molar refractivity (Wildman–Crippen MR) is 66.7 cm³/mol. The van der Waals surface area contributed by atoms with Gasteiger partial charge in [-0.1, -0.05) is 27.5 Å². The SMILES string of the molecule is CCOC(=O)c1c(Cl)ccc([N+](=O)[O-])c1CBr. The zero-order valence-electron chi connectivity index (χ0n) is 8.91. The quantitative estimate of drug-likeness (QED) is 0.369. The van der Waals surface area contributed by atoms with E-state index >= 15 is 0 Å². The summed E-state index contributed by atoms with van der Waals surface area (Å²) in [7, 11) is 0. The normalized spacial score (nSPS) is 10.1. The zero-order valence-corrected chi connectivity index (χ0v) is 11.2. The standard InChI is InChI=1S/C10H9BrClNO4/c1-2-17-10(14)9-6(5-11)8(13(15)16)4-3-7(9)12/h3-4H,2,5H2,1H3. The minimum atomic E-state index is -0.657. The number of esters is 1. The maximum atomic E-state index is 11.7. The molecule has 0 amide bonds. The largest absolute Gasteiger partial charge is 0.462 e. The Morgan fingerprint density at radius 1 is 1.59 bits per heavy atom. The monoisotopic (exact) mass is 321 g/mol. The molecule has 0 spiro atoms. The van der Waals surface area contributed by atoms with Crippen molar-refractivity contribution in [2.75, 3.05) is 6.61 Å². The summed E-state index contributed by atoms with van der Waals surface area (Å²) in [6.07, 6.45) is 0. The van der Waals surface area contributed by atoms with Crippen molar-refractivity contribution in [3.05, 3.63) is 38.4 Å². The van der Waals surface area contributed by atoms with Crippen LogP contribution >= 0.6 is 27.5 Å². The van der Waals surface area contributed by atoms with Gasteiger partial charge < -0.3 is 4.74 Å². The fraction of sp³-hybridized carbons (Fsp3) is 0.300. The summed E-state index contributed by atoms with van der Waals surface area (Å²) < 4.78 is 4.82. The van der Waals surface area contributed by atoms with E-state index in [9.17, 15) is 14.9 Å². The second kappa shape index (κ2) is 5.97. The first-order valence-electron chi connectivity index (χ1n) is 4.71. The Labute approximate surface area is 111 Å². The number of rotatable bonds is 4. The third-order valence-electron chi connectivity index (χ3n) is 2.05. The third kappa shape index (κ3) is 2.95. The smallest absolute Gasteiger partial charge is 0.340 e. The number of carbonyl (C=O) groups excluding carboxylic acids is 1. The lowest BCUT2D eigenvalue weighted by molar-refractivity contribution is -0.385. The van der Waals surface area contributed by atoms with Crippen LogP contribution in [0.3, 0.4) is 0 Å². The number of nitrogens with zero attached hydrogens (tertiary/aromatic N) is 1. The van der Waals surface area contributed by atoms with Gasteiger partial charge in [-0.25, -0.2) is 4.79 Å². The number of nitro benzene ring substituents is 1. The second-order valence-electron chi connectivity index (χ2n) is 3.03. The number of benzene rings is 1. The number of nitro groups is 1. The van der Waals surface area contributed by atoms with E-state index in [2.05, 4.69) is 15.9 Å². The molecule has 0 aliphatic rings. The van der Waals surface area contributed by atoms with Crippen LogP contribution in [0.2, 0.25) is 5.02 Å². The van der Waals surface area contributed by atoms with Gasteiger partial charge >= 0.3 is 5.97 Å². The van der Waals surface area contributed by atoms with E-state index in [1.165, 1.54) is 12.1 Å². The average Bonchev–Trinajstić information content (AvgIpc) is 2.28. The summed E-state index contributed by atoms with van der Waals surface area (Å²) in [5.74, 6) is -0.657. The lowest BCUT2D eigenvalue weighted by atomic mass is 10.1. The van der Waals surface area contributed by atoms with Gasteiger partial charge in [0.2, 0.25) is 0 Å². The minimum absolute atomic E-state index is 0.0413. The van der Waals surface area contributed by atoms with Gasteiger partial charge in [0.1, 0.15) is 0 Å². The molecule has 92 valence electrons. The number of carbonyl (C=O) groups is 1. The highest BCUT2D eigenvalue weighted by molar-refractivity contribution is 9.08. The molecule has 0 fully saturated rings. The Morgan fingerprint density at radius 3 is 2.71 bits per heavy atom. The summed E-state index contributed by atoms with van der Waals surface area (Å²) in [4.78, 5) is 21.9. The van der Waals surface area contributed by atoms with Gasteiger partial charge in [0.25, 0.3) is 5.69 Å². The van der Waals surface area contributed by atoms with Crippen molar-refractivity contribution in [3.8, 4) is 0 Å². The third-order valence-corrected chi connectivity index (χ3v) is 2.92. The first-order chi connectivity index (χ1) is 8.02. The van der Waals surface area contributed by atoms with Gasteiger partial charge in [0.05, 0.1) is 27.7 Å². The lowest BCUT2D eigenvalue weighted by Gasteiger charge is -2.09. The molecule has 5 nitrogen and oxygen atoms in total. The molecule has 1 aromatic carbocycles. The summed E-state index contributed by atoms with van der Waals surface area (Å²) >= 11 is 8.98. The average molecular weight is 323 g/mol. The van der Waals surface area contributed by atoms with Crippen LogP contribution in [0.25, 0.3) is 0 Å². The Bertz CT molecular complexity index is 464. The number of alkyl halides is 1. The maximum absolute atomic E-state index is 11.7. The molecule has 0 N–H and O–H groups in total. The van der Waals surface area contributed by atoms with Crippen molar-refractivity contribution in [3.63, 3.8) is 0 Å². The number of hydrogen-bond donors (Lipinski definition) is 0. The molecule has 0 heterocycles. The molecule has 0 atom stereocenters. The molecule has 0 unspecified atom stereocenters. The number of hydrogen-bond acceptors (Lipinski definition) is 4. The van der Waals surface area contributed by atoms with Crippen molar-refractivity contribution in [2.24, 2.45) is 0 Å². The van der Waals surface area contributed by atoms with E-state index in [-0.39, 0.29) is 33.8 Å². The van der Waals surface area contributed by atoms with Crippen LogP contribution in [0, 0.1) is 10.1 Å². The molecular formula is C10H9BrClNO4. The van der Waals surface area contributed by atoms with E-state index in [1.807, 2.05) is 0 Å². The molecule has 7 heteroatoms. The summed E-state index contributed by atoms with van der Waals surface area (Å²) in [5, 5.41) is 11.1. The van der Waals surface area contributed by atoms with Gasteiger partial charge in [-0.2, -0.15) is 0 Å². The number of halogens is 2. The molecule has 0 saturated carbocycles. The second-order valence-corrected chi connectivity index (χ2v) is 4.00. The first kappa shape index (κ1) is 13.9. The Morgan fingerprint density at radius 2 is 2.24 bits per heavy atom. The summed E-state index contributed by atoms with van der Waals surface area (Å²) in [6.45, 7) is 1.83. The Kier molecular flexibility index (Phi) is 4.89. The molecule has 0 aromatic heterocycles. The maximum Gasteiger partial charge on any atom is 0.340 e. The van der Waals surface area contributed by atoms with Crippen molar-refractivity contribution in [1.29, 1.82) is 0 Å². The highest BCUT2D eigenvalue weighted by Gasteiger charge is 2.24. The molecule has 0 radical (unpaired) electrons. The van der Waals surface area contributed by atoms with Crippen LogP contribution in [0.5, 0.6) is 0 Å². The Hall–Kier alpha value is -1.14. The Balaban J connectivity index is 3.40. The minimum Gasteiger partial charge on any atom is -0.462 e. The van der Waals surface area contributed by atoms with Gasteiger partial charge in [-0.15, -0.1) is 0 Å². The van der Waals surface area contributed by atoms with E-state index < -0.39 is 10.9 Å². The summed E-state index contributed by atoms with van der Waals surface area (Å²) in [6, 6.07) is 2.58. The molecule has 0 aliphatic carbocycles. The fourth-order valence-electron chi connectivity index (χ4n) is 1.34. The van der Waals surface area contributed by atoms with E-state index in [1.54, 1.807) is 6.92 Å². The zero-order chi connectivity index (χ0) is 13.0. The molecule has 0 bridgehead atoms. The number of ether oxygens (including phenoxy) is 1. The highest BCUT2D eigenvalue weighted by Crippen LogP contribution is 2.31. The summed E-state index contributed by atoms with van der Waals surface area (Å²) in [5.41, 5.74) is 0.106. The topological polar surface area (TPSA) is 69.4 Å². The molecule has 0 aliphatic heterocycles. The predicted octanol–water partition coefficient (Wildman–Crippen LogP) is 3.32. The van der Waals surface area contributed by atoms with Crippen LogP contribution in [0.1, 0.15) is 22.8 Å². The van der Waals surface area contributed by atoms with Crippen LogP contribution in [-0.2, 0) is 10.1 Å². The van der Waals surface area contributed by atoms with E-state index in [0.29, 0.717) is 0 Å². The van der Waals surface area contributed by atoms with Gasteiger partial charge in [0, 0.05) is 11.4 Å². The molecule has 17 heavy (non-hydrogen) atoms. The van der Waals surface area contributed by atoms with Gasteiger partial charge in [-0.05, 0) is 13.0 Å². The van der Waals surface area contributed by atoms with Crippen LogP contribution in [0.4, 0.5) is 5.69 Å². The van der Waals surface area contributed by atoms with Crippen molar-refractivity contribution in [2.45, 2.75) is 12.3 Å². The fourth-order valence-corrected chi connectivity index (χ4v) is 2.16. The highest BCUT2D eigenvalue weighted by atomic mass is 79.9. The van der Waals surface area contributed by atoms with Crippen LogP contribution in [0.15, 0.2) is 12.1 Å². The van der Waals surface area contributed by atoms with Crippen molar-refractivity contribution in [1.82, 2.24) is 0 Å². The molecule has 1 rings (SSSR count). The van der Waals surface area contributed by atoms with Crippen molar-refractivity contribution < 1.29 is 14.5 Å². The molecule has 1 aromatic rings. The van der Waals surface area contributed by atoms with Crippen LogP contribution in [-0.4, -0.2) is 17.5 Å². The first-order valence-corrected chi connectivity index (χ1v) is 6.21. The van der Waals surface area contributed by atoms with Crippen LogP contribution < -0.4 is 0 Å². The van der Waals surface area contributed by atoms with Gasteiger partial charge in [-0.3, -0.25) is 10.1 Å². The molecule has 0 saturated heterocycles. The van der Waals surface area contributed by atoms with E-state index in [0.717, 1.165) is 0 Å². The lowest BCUT2D eigenvalue weighted by Crippen LogP contribution is -2.10.